The number of hydrogen-bond acceptors (Lipinski definition) is 1. The maximum Gasteiger partial charge on any atom is 0.310 e. The summed E-state index contributed by atoms with van der Waals surface area (Å²) in [7, 11) is 0. The standard InChI is InChI=1S/C11H13IO2/c12-8-4-7-10(11(13)14)9-5-2-1-3-6-9/h1-3,5-6,10H,4,7-8H2,(H,13,14). The van der Waals surface area contributed by atoms with Crippen molar-refractivity contribution in [1.29, 1.82) is 0 Å². The number of alkyl halides is 1. The van der Waals surface area contributed by atoms with Gasteiger partial charge in [-0.15, -0.1) is 0 Å². The molecule has 0 heterocycles. The number of carboxylic acids is 1. The van der Waals surface area contributed by atoms with E-state index in [9.17, 15) is 4.79 Å². The molecule has 2 nitrogen and oxygen atoms in total. The lowest BCUT2D eigenvalue weighted by molar-refractivity contribution is -0.139. The lowest BCUT2D eigenvalue weighted by Gasteiger charge is -2.11. The van der Waals surface area contributed by atoms with E-state index in [4.69, 9.17) is 5.11 Å². The first-order valence-electron chi connectivity index (χ1n) is 4.59. The van der Waals surface area contributed by atoms with Crippen LogP contribution in [0, 0.1) is 0 Å². The molecular weight excluding hydrogens is 291 g/mol. The predicted molar refractivity (Wildman–Crippen MR) is 64.9 cm³/mol. The first kappa shape index (κ1) is 11.5. The maximum atomic E-state index is 11.0. The first-order chi connectivity index (χ1) is 6.75. The quantitative estimate of drug-likeness (QED) is 0.670. The Morgan fingerprint density at radius 2 is 2.00 bits per heavy atom. The van der Waals surface area contributed by atoms with Gasteiger partial charge in [-0.05, 0) is 22.8 Å². The summed E-state index contributed by atoms with van der Waals surface area (Å²) < 4.78 is 1.01. The van der Waals surface area contributed by atoms with Crippen LogP contribution in [0.5, 0.6) is 0 Å². The van der Waals surface area contributed by atoms with E-state index < -0.39 is 5.97 Å². The molecule has 0 bridgehead atoms. The molecule has 0 radical (unpaired) electrons. The molecule has 1 aromatic rings. The topological polar surface area (TPSA) is 37.3 Å². The van der Waals surface area contributed by atoms with Crippen LogP contribution in [0.3, 0.4) is 0 Å². The Bertz CT molecular complexity index is 285. The summed E-state index contributed by atoms with van der Waals surface area (Å²) in [4.78, 5) is 11.0. The molecule has 1 rings (SSSR count). The van der Waals surface area contributed by atoms with Gasteiger partial charge in [-0.2, -0.15) is 0 Å². The van der Waals surface area contributed by atoms with E-state index in [0.29, 0.717) is 0 Å². The number of carbonyl (C=O) groups is 1. The minimum atomic E-state index is -0.721. The average molecular weight is 304 g/mol. The minimum Gasteiger partial charge on any atom is -0.481 e. The van der Waals surface area contributed by atoms with Gasteiger partial charge in [0, 0.05) is 0 Å². The second-order valence-corrected chi connectivity index (χ2v) is 4.21. The molecule has 14 heavy (non-hydrogen) atoms. The van der Waals surface area contributed by atoms with Gasteiger partial charge in [-0.25, -0.2) is 0 Å². The molecule has 1 N–H and O–H groups in total. The van der Waals surface area contributed by atoms with Gasteiger partial charge in [-0.3, -0.25) is 4.79 Å². The Labute approximate surface area is 97.5 Å². The minimum absolute atomic E-state index is 0.342. The van der Waals surface area contributed by atoms with Gasteiger partial charge < -0.3 is 5.11 Å². The summed E-state index contributed by atoms with van der Waals surface area (Å²) in [5.74, 6) is -1.06. The summed E-state index contributed by atoms with van der Waals surface area (Å²) in [5, 5.41) is 9.05. The lowest BCUT2D eigenvalue weighted by atomic mass is 9.95. The molecule has 1 unspecified atom stereocenters. The summed E-state index contributed by atoms with van der Waals surface area (Å²) >= 11 is 2.27. The normalized spacial score (nSPS) is 12.4. The van der Waals surface area contributed by atoms with E-state index in [1.165, 1.54) is 0 Å². The van der Waals surface area contributed by atoms with Gasteiger partial charge in [0.2, 0.25) is 0 Å². The average Bonchev–Trinajstić information content (AvgIpc) is 2.19. The monoisotopic (exact) mass is 304 g/mol. The van der Waals surface area contributed by atoms with Crippen LogP contribution in [0.25, 0.3) is 0 Å². The van der Waals surface area contributed by atoms with Crippen LogP contribution in [-0.2, 0) is 4.79 Å². The molecule has 1 atom stereocenters. The Balaban J connectivity index is 2.73. The molecule has 0 aliphatic rings. The zero-order chi connectivity index (χ0) is 10.4. The molecule has 0 spiro atoms. The van der Waals surface area contributed by atoms with E-state index in [2.05, 4.69) is 22.6 Å². The summed E-state index contributed by atoms with van der Waals surface area (Å²) in [6.07, 6.45) is 1.68. The maximum absolute atomic E-state index is 11.0. The molecule has 0 aliphatic carbocycles. The molecular formula is C11H13IO2. The highest BCUT2D eigenvalue weighted by Crippen LogP contribution is 2.21. The fraction of sp³-hybridized carbons (Fsp3) is 0.364. The molecule has 3 heteroatoms. The highest BCUT2D eigenvalue weighted by atomic mass is 127. The Morgan fingerprint density at radius 3 is 2.50 bits per heavy atom. The fourth-order valence-electron chi connectivity index (χ4n) is 1.40. The van der Waals surface area contributed by atoms with E-state index in [1.54, 1.807) is 0 Å². The van der Waals surface area contributed by atoms with Gasteiger partial charge in [0.15, 0.2) is 0 Å². The third kappa shape index (κ3) is 3.29. The van der Waals surface area contributed by atoms with Crippen molar-refractivity contribution >= 4 is 28.6 Å². The highest BCUT2D eigenvalue weighted by molar-refractivity contribution is 14.1. The van der Waals surface area contributed by atoms with Gasteiger partial charge in [0.1, 0.15) is 0 Å². The van der Waals surface area contributed by atoms with Gasteiger partial charge in [0.05, 0.1) is 5.92 Å². The predicted octanol–water partition coefficient (Wildman–Crippen LogP) is 3.07. The zero-order valence-electron chi connectivity index (χ0n) is 7.82. The Hall–Kier alpha value is -0.580. The molecule has 0 saturated heterocycles. The van der Waals surface area contributed by atoms with Crippen LogP contribution >= 0.6 is 22.6 Å². The van der Waals surface area contributed by atoms with Crippen LogP contribution in [0.2, 0.25) is 0 Å². The Kier molecular flexibility index (Phi) is 4.93. The number of carboxylic acid groups (broad SMARTS) is 1. The van der Waals surface area contributed by atoms with Gasteiger partial charge >= 0.3 is 5.97 Å². The molecule has 0 saturated carbocycles. The van der Waals surface area contributed by atoms with Crippen LogP contribution < -0.4 is 0 Å². The van der Waals surface area contributed by atoms with Crippen molar-refractivity contribution in [2.75, 3.05) is 4.43 Å². The summed E-state index contributed by atoms with van der Waals surface area (Å²) in [6.45, 7) is 0. The molecule has 0 fully saturated rings. The van der Waals surface area contributed by atoms with E-state index in [0.717, 1.165) is 22.8 Å². The third-order valence-electron chi connectivity index (χ3n) is 2.13. The second kappa shape index (κ2) is 6.01. The van der Waals surface area contributed by atoms with Crippen molar-refractivity contribution in [2.24, 2.45) is 0 Å². The van der Waals surface area contributed by atoms with Crippen molar-refractivity contribution in [3.8, 4) is 0 Å². The van der Waals surface area contributed by atoms with Crippen LogP contribution in [0.15, 0.2) is 30.3 Å². The van der Waals surface area contributed by atoms with E-state index in [-0.39, 0.29) is 5.92 Å². The van der Waals surface area contributed by atoms with Crippen molar-refractivity contribution in [3.05, 3.63) is 35.9 Å². The number of rotatable bonds is 5. The van der Waals surface area contributed by atoms with E-state index in [1.807, 2.05) is 30.3 Å². The summed E-state index contributed by atoms with van der Waals surface area (Å²) in [5.41, 5.74) is 0.907. The van der Waals surface area contributed by atoms with E-state index >= 15 is 0 Å². The van der Waals surface area contributed by atoms with Gasteiger partial charge in [-0.1, -0.05) is 52.9 Å². The van der Waals surface area contributed by atoms with Crippen LogP contribution in [-0.4, -0.2) is 15.5 Å². The number of hydrogen-bond donors (Lipinski definition) is 1. The second-order valence-electron chi connectivity index (χ2n) is 3.13. The number of aliphatic carboxylic acids is 1. The molecule has 0 amide bonds. The third-order valence-corrected chi connectivity index (χ3v) is 2.89. The van der Waals surface area contributed by atoms with Crippen molar-refractivity contribution in [2.45, 2.75) is 18.8 Å². The summed E-state index contributed by atoms with van der Waals surface area (Å²) in [6, 6.07) is 9.43. The smallest absolute Gasteiger partial charge is 0.310 e. The SMILES string of the molecule is O=C(O)C(CCCI)c1ccccc1. The lowest BCUT2D eigenvalue weighted by Crippen LogP contribution is -2.11. The highest BCUT2D eigenvalue weighted by Gasteiger charge is 2.18. The van der Waals surface area contributed by atoms with Crippen molar-refractivity contribution in [3.63, 3.8) is 0 Å². The number of halogens is 1. The van der Waals surface area contributed by atoms with Crippen LogP contribution in [0.1, 0.15) is 24.3 Å². The molecule has 0 aliphatic heterocycles. The largest absolute Gasteiger partial charge is 0.481 e. The van der Waals surface area contributed by atoms with Crippen molar-refractivity contribution in [1.82, 2.24) is 0 Å². The fourth-order valence-corrected chi connectivity index (χ4v) is 1.84. The van der Waals surface area contributed by atoms with Gasteiger partial charge in [0.25, 0.3) is 0 Å². The molecule has 1 aromatic carbocycles. The molecule has 0 aromatic heterocycles. The van der Waals surface area contributed by atoms with Crippen LogP contribution in [0.4, 0.5) is 0 Å². The van der Waals surface area contributed by atoms with Crippen molar-refractivity contribution < 1.29 is 9.90 Å². The number of benzene rings is 1. The Morgan fingerprint density at radius 1 is 1.36 bits per heavy atom. The zero-order valence-corrected chi connectivity index (χ0v) is 9.98. The first-order valence-corrected chi connectivity index (χ1v) is 6.12. The molecule has 76 valence electrons.